The first-order valence-corrected chi connectivity index (χ1v) is 8.73. The third-order valence-corrected chi connectivity index (χ3v) is 4.88. The number of likely N-dealkylation sites (tertiary alicyclic amines) is 1. The highest BCUT2D eigenvalue weighted by molar-refractivity contribution is 5.22. The van der Waals surface area contributed by atoms with E-state index in [-0.39, 0.29) is 0 Å². The Morgan fingerprint density at radius 3 is 2.32 bits per heavy atom. The Morgan fingerprint density at radius 1 is 1.00 bits per heavy atom. The fourth-order valence-electron chi connectivity index (χ4n) is 3.23. The monoisotopic (exact) mass is 303 g/mol. The number of hydrogen-bond acceptors (Lipinski definition) is 3. The van der Waals surface area contributed by atoms with E-state index in [1.54, 1.807) is 0 Å². The molecule has 0 bridgehead atoms. The molecule has 0 amide bonds. The van der Waals surface area contributed by atoms with Crippen LogP contribution in [-0.4, -0.2) is 66.1 Å². The average Bonchev–Trinajstić information content (AvgIpc) is 2.36. The molecule has 0 radical (unpaired) electrons. The van der Waals surface area contributed by atoms with E-state index in [0.717, 1.165) is 36.9 Å². The lowest BCUT2D eigenvalue weighted by atomic mass is 10.0. The minimum absolute atomic E-state index is 0.689. The van der Waals surface area contributed by atoms with E-state index in [4.69, 9.17) is 0 Å². The molecular formula is C19H33N3. The number of rotatable bonds is 5. The van der Waals surface area contributed by atoms with Gasteiger partial charge < -0.3 is 4.90 Å². The molecule has 0 atom stereocenters. The van der Waals surface area contributed by atoms with Gasteiger partial charge in [0.15, 0.2) is 0 Å². The van der Waals surface area contributed by atoms with E-state index in [2.05, 4.69) is 53.9 Å². The van der Waals surface area contributed by atoms with Crippen LogP contribution in [0.5, 0.6) is 0 Å². The molecule has 0 N–H and O–H groups in total. The van der Waals surface area contributed by atoms with Crippen molar-refractivity contribution in [3.63, 3.8) is 0 Å². The van der Waals surface area contributed by atoms with Crippen LogP contribution in [0.3, 0.4) is 0 Å². The molecule has 2 saturated heterocycles. The number of nitrogens with zero attached hydrogens (tertiary/aromatic N) is 3. The van der Waals surface area contributed by atoms with Crippen LogP contribution in [0.4, 0.5) is 0 Å². The summed E-state index contributed by atoms with van der Waals surface area (Å²) in [7, 11) is 0. The van der Waals surface area contributed by atoms with E-state index < -0.39 is 0 Å². The van der Waals surface area contributed by atoms with Gasteiger partial charge in [0.25, 0.3) is 0 Å². The highest BCUT2D eigenvalue weighted by Crippen LogP contribution is 2.20. The maximum Gasteiger partial charge on any atom is 0.0351 e. The molecule has 0 aliphatic carbocycles. The molecule has 2 fully saturated rings. The maximum atomic E-state index is 4.23. The molecule has 2 aliphatic heterocycles. The molecule has 0 spiro atoms. The van der Waals surface area contributed by atoms with E-state index in [1.807, 2.05) is 6.92 Å². The molecule has 2 aliphatic rings. The van der Waals surface area contributed by atoms with Crippen molar-refractivity contribution in [3.8, 4) is 0 Å². The van der Waals surface area contributed by atoms with Crippen LogP contribution in [-0.2, 0) is 0 Å². The summed E-state index contributed by atoms with van der Waals surface area (Å²) in [4.78, 5) is 7.70. The van der Waals surface area contributed by atoms with Gasteiger partial charge in [-0.2, -0.15) is 0 Å². The van der Waals surface area contributed by atoms with Gasteiger partial charge in [-0.05, 0) is 46.2 Å². The molecule has 0 unspecified atom stereocenters. The Kier molecular flexibility index (Phi) is 6.27. The lowest BCUT2D eigenvalue weighted by Crippen LogP contribution is -2.62. The molecule has 2 rings (SSSR count). The average molecular weight is 303 g/mol. The topological polar surface area (TPSA) is 9.72 Å². The smallest absolute Gasteiger partial charge is 0.0351 e. The third kappa shape index (κ3) is 4.72. The summed E-state index contributed by atoms with van der Waals surface area (Å²) in [6, 6.07) is 1.45. The van der Waals surface area contributed by atoms with Crippen molar-refractivity contribution in [2.45, 2.75) is 45.7 Å². The van der Waals surface area contributed by atoms with Gasteiger partial charge in [0.1, 0.15) is 0 Å². The summed E-state index contributed by atoms with van der Waals surface area (Å²) in [5.74, 6) is 0. The molecule has 0 aromatic rings. The van der Waals surface area contributed by atoms with Gasteiger partial charge in [-0.25, -0.2) is 0 Å². The highest BCUT2D eigenvalue weighted by atomic mass is 15.3. The summed E-state index contributed by atoms with van der Waals surface area (Å²) in [5, 5.41) is 0. The summed E-state index contributed by atoms with van der Waals surface area (Å²) in [6.45, 7) is 21.9. The highest BCUT2D eigenvalue weighted by Gasteiger charge is 2.33. The molecule has 0 aromatic heterocycles. The predicted octanol–water partition coefficient (Wildman–Crippen LogP) is 3.12. The molecular weight excluding hydrogens is 270 g/mol. The fraction of sp³-hybridized carbons (Fsp3) is 0.684. The van der Waals surface area contributed by atoms with Gasteiger partial charge in [-0.3, -0.25) is 9.80 Å². The van der Waals surface area contributed by atoms with E-state index >= 15 is 0 Å². The standard InChI is InChI=1S/C19H33N3/c1-16(2)8-9-18(5)20-10-6-7-11-21(13-12-20)19-14-22(15-19)17(3)4/h8-9,17,19H,1,5-7,10-15H2,2-4H3/b9-8-. The Hall–Kier alpha value is -1.06. The summed E-state index contributed by atoms with van der Waals surface area (Å²) in [6.07, 6.45) is 6.73. The normalized spacial score (nSPS) is 22.6. The van der Waals surface area contributed by atoms with Crippen LogP contribution >= 0.6 is 0 Å². The van der Waals surface area contributed by atoms with Crippen molar-refractivity contribution in [3.05, 3.63) is 36.6 Å². The lowest BCUT2D eigenvalue weighted by molar-refractivity contribution is 0.00679. The van der Waals surface area contributed by atoms with Gasteiger partial charge in [0.2, 0.25) is 0 Å². The maximum absolute atomic E-state index is 4.23. The van der Waals surface area contributed by atoms with Crippen molar-refractivity contribution >= 4 is 0 Å². The lowest BCUT2D eigenvalue weighted by Gasteiger charge is -2.48. The van der Waals surface area contributed by atoms with Crippen LogP contribution in [0.15, 0.2) is 36.6 Å². The van der Waals surface area contributed by atoms with Gasteiger partial charge >= 0.3 is 0 Å². The number of hydrogen-bond donors (Lipinski definition) is 0. The van der Waals surface area contributed by atoms with Gasteiger partial charge in [-0.1, -0.05) is 24.8 Å². The Labute approximate surface area is 137 Å². The first-order chi connectivity index (χ1) is 10.5. The zero-order valence-corrected chi connectivity index (χ0v) is 14.7. The molecule has 0 aromatic carbocycles. The van der Waals surface area contributed by atoms with Crippen LogP contribution in [0, 0.1) is 0 Å². The van der Waals surface area contributed by atoms with Crippen molar-refractivity contribution in [2.75, 3.05) is 39.3 Å². The second-order valence-electron chi connectivity index (χ2n) is 7.10. The van der Waals surface area contributed by atoms with E-state index in [0.29, 0.717) is 6.04 Å². The first kappa shape index (κ1) is 17.3. The Bertz CT molecular complexity index is 418. The van der Waals surface area contributed by atoms with Crippen molar-refractivity contribution < 1.29 is 0 Å². The molecule has 124 valence electrons. The first-order valence-electron chi connectivity index (χ1n) is 8.73. The Morgan fingerprint density at radius 2 is 1.68 bits per heavy atom. The van der Waals surface area contributed by atoms with Gasteiger partial charge in [-0.15, -0.1) is 0 Å². The quantitative estimate of drug-likeness (QED) is 0.723. The number of allylic oxidation sites excluding steroid dienone is 3. The molecule has 2 heterocycles. The summed E-state index contributed by atoms with van der Waals surface area (Å²) in [5.41, 5.74) is 2.21. The third-order valence-electron chi connectivity index (χ3n) is 4.88. The molecule has 3 nitrogen and oxygen atoms in total. The second kappa shape index (κ2) is 7.98. The van der Waals surface area contributed by atoms with Crippen LogP contribution in [0.1, 0.15) is 33.6 Å². The summed E-state index contributed by atoms with van der Waals surface area (Å²) >= 11 is 0. The molecule has 3 heteroatoms. The molecule has 22 heavy (non-hydrogen) atoms. The van der Waals surface area contributed by atoms with Gasteiger partial charge in [0.05, 0.1) is 0 Å². The zero-order valence-electron chi connectivity index (χ0n) is 14.7. The van der Waals surface area contributed by atoms with Crippen LogP contribution < -0.4 is 0 Å². The van der Waals surface area contributed by atoms with E-state index in [1.165, 1.54) is 32.5 Å². The van der Waals surface area contributed by atoms with Crippen molar-refractivity contribution in [1.82, 2.24) is 14.7 Å². The fourth-order valence-corrected chi connectivity index (χ4v) is 3.23. The van der Waals surface area contributed by atoms with Crippen molar-refractivity contribution in [1.29, 1.82) is 0 Å². The molecule has 0 saturated carbocycles. The minimum Gasteiger partial charge on any atom is -0.371 e. The minimum atomic E-state index is 0.689. The SMILES string of the molecule is C=C(C)/C=C\C(=C)N1CCCCN(C2CN(C(C)C)C2)CC1. The second-order valence-corrected chi connectivity index (χ2v) is 7.10. The van der Waals surface area contributed by atoms with Crippen LogP contribution in [0.25, 0.3) is 0 Å². The van der Waals surface area contributed by atoms with Gasteiger partial charge in [0, 0.05) is 50.5 Å². The Balaban J connectivity index is 1.84. The zero-order chi connectivity index (χ0) is 16.1. The largest absolute Gasteiger partial charge is 0.371 e. The summed E-state index contributed by atoms with van der Waals surface area (Å²) < 4.78 is 0. The van der Waals surface area contributed by atoms with Crippen LogP contribution in [0.2, 0.25) is 0 Å². The van der Waals surface area contributed by atoms with Crippen molar-refractivity contribution in [2.24, 2.45) is 0 Å². The van der Waals surface area contributed by atoms with E-state index in [9.17, 15) is 0 Å². The predicted molar refractivity (Wildman–Crippen MR) is 96.0 cm³/mol.